The van der Waals surface area contributed by atoms with Crippen LogP contribution in [-0.4, -0.2) is 36.3 Å². The van der Waals surface area contributed by atoms with E-state index in [1.807, 2.05) is 16.7 Å². The third-order valence-electron chi connectivity index (χ3n) is 5.24. The van der Waals surface area contributed by atoms with E-state index in [1.165, 1.54) is 0 Å². The summed E-state index contributed by atoms with van der Waals surface area (Å²) in [6.45, 7) is 5.43. The summed E-state index contributed by atoms with van der Waals surface area (Å²) in [6, 6.07) is 7.18. The van der Waals surface area contributed by atoms with Gasteiger partial charge in [0.1, 0.15) is 5.69 Å². The summed E-state index contributed by atoms with van der Waals surface area (Å²) >= 11 is 0. The second-order valence-electron chi connectivity index (χ2n) is 6.89. The quantitative estimate of drug-likeness (QED) is 0.769. The van der Waals surface area contributed by atoms with Crippen molar-refractivity contribution in [2.75, 3.05) is 19.8 Å². The zero-order valence-electron chi connectivity index (χ0n) is 15.4. The van der Waals surface area contributed by atoms with Crippen molar-refractivity contribution in [3.63, 3.8) is 0 Å². The zero-order chi connectivity index (χ0) is 18.7. The Hall–Kier alpha value is -2.34. The maximum Gasteiger partial charge on any atom is 0.354 e. The molecule has 3 rings (SSSR count). The fraction of sp³-hybridized carbons (Fsp3) is 0.500. The van der Waals surface area contributed by atoms with E-state index in [0.717, 1.165) is 30.2 Å². The number of carbonyl (C=O) groups is 2. The lowest BCUT2D eigenvalue weighted by Crippen LogP contribution is -2.41. The Kier molecular flexibility index (Phi) is 5.32. The van der Waals surface area contributed by atoms with Crippen molar-refractivity contribution in [2.45, 2.75) is 39.7 Å². The molecular weight excluding hydrogens is 332 g/mol. The number of nitrogens with zero attached hydrogens (tertiary/aromatic N) is 1. The first kappa shape index (κ1) is 18.5. The highest BCUT2D eigenvalue weighted by Gasteiger charge is 2.37. The Balaban J connectivity index is 2.08. The Morgan fingerprint density at radius 1 is 1.12 bits per heavy atom. The largest absolute Gasteiger partial charge is 0.462 e. The van der Waals surface area contributed by atoms with E-state index in [-0.39, 0.29) is 17.4 Å². The number of hydrogen-bond acceptors (Lipinski definition) is 5. The van der Waals surface area contributed by atoms with Gasteiger partial charge in [-0.3, -0.25) is 0 Å². The molecule has 140 valence electrons. The topological polar surface area (TPSA) is 83.6 Å². The number of esters is 2. The Morgan fingerprint density at radius 3 is 2.38 bits per heavy atom. The van der Waals surface area contributed by atoms with Gasteiger partial charge in [-0.2, -0.15) is 0 Å². The zero-order valence-corrected chi connectivity index (χ0v) is 15.4. The summed E-state index contributed by atoms with van der Waals surface area (Å²) in [5, 5.41) is 0.896. The monoisotopic (exact) mass is 358 g/mol. The molecule has 2 N–H and O–H groups in total. The van der Waals surface area contributed by atoms with Crippen molar-refractivity contribution < 1.29 is 19.1 Å². The van der Waals surface area contributed by atoms with Crippen LogP contribution < -0.4 is 5.73 Å². The molecule has 1 saturated carbocycles. The number of aromatic nitrogens is 1. The molecule has 0 saturated heterocycles. The summed E-state index contributed by atoms with van der Waals surface area (Å²) in [4.78, 5) is 24.6. The molecule has 0 spiro atoms. The molecule has 6 nitrogen and oxygen atoms in total. The number of fused-ring (bicyclic) bond motifs is 1. The Bertz CT molecular complexity index is 815. The molecule has 0 amide bonds. The first-order chi connectivity index (χ1) is 12.5. The summed E-state index contributed by atoms with van der Waals surface area (Å²) in [5.74, 6) is -0.718. The first-order valence-electron chi connectivity index (χ1n) is 9.21. The van der Waals surface area contributed by atoms with E-state index in [9.17, 15) is 9.59 Å². The van der Waals surface area contributed by atoms with Gasteiger partial charge in [0.05, 0.1) is 18.8 Å². The summed E-state index contributed by atoms with van der Waals surface area (Å²) < 4.78 is 12.3. The minimum Gasteiger partial charge on any atom is -0.462 e. The Morgan fingerprint density at radius 2 is 1.81 bits per heavy atom. The summed E-state index contributed by atoms with van der Waals surface area (Å²) in [7, 11) is 0. The first-order valence-corrected chi connectivity index (χ1v) is 9.21. The normalized spacial score (nSPS) is 15.5. The molecule has 6 heteroatoms. The van der Waals surface area contributed by atoms with Gasteiger partial charge in [-0.15, -0.1) is 0 Å². The van der Waals surface area contributed by atoms with Crippen LogP contribution >= 0.6 is 0 Å². The molecule has 1 aromatic heterocycles. The molecule has 1 heterocycles. The lowest BCUT2D eigenvalue weighted by molar-refractivity contribution is 0.0500. The third kappa shape index (κ3) is 3.33. The molecular formula is C20H26N2O4. The van der Waals surface area contributed by atoms with E-state index in [2.05, 4.69) is 0 Å². The number of carbonyl (C=O) groups excluding carboxylic acids is 2. The van der Waals surface area contributed by atoms with Crippen LogP contribution in [0.25, 0.3) is 10.9 Å². The van der Waals surface area contributed by atoms with Gasteiger partial charge in [0, 0.05) is 22.9 Å². The van der Waals surface area contributed by atoms with Crippen LogP contribution in [0, 0.1) is 5.41 Å². The molecule has 0 aliphatic heterocycles. The third-order valence-corrected chi connectivity index (χ3v) is 5.24. The van der Waals surface area contributed by atoms with Gasteiger partial charge in [-0.05, 0) is 51.4 Å². The van der Waals surface area contributed by atoms with Crippen LogP contribution in [0.15, 0.2) is 24.3 Å². The van der Waals surface area contributed by atoms with Gasteiger partial charge in [-0.25, -0.2) is 9.59 Å². The predicted octanol–water partition coefficient (Wildman–Crippen LogP) is 3.12. The van der Waals surface area contributed by atoms with Crippen molar-refractivity contribution in [3.8, 4) is 0 Å². The minimum atomic E-state index is -0.364. The second kappa shape index (κ2) is 7.50. The fourth-order valence-corrected chi connectivity index (χ4v) is 3.58. The smallest absolute Gasteiger partial charge is 0.354 e. The number of nitrogens with two attached hydrogens (primary N) is 1. The maximum absolute atomic E-state index is 12.5. The van der Waals surface area contributed by atoms with Crippen LogP contribution in [0.5, 0.6) is 0 Å². The minimum absolute atomic E-state index is 0.00707. The lowest BCUT2D eigenvalue weighted by atomic mass is 9.68. The predicted molar refractivity (Wildman–Crippen MR) is 99.2 cm³/mol. The number of rotatable bonds is 7. The van der Waals surface area contributed by atoms with Crippen molar-refractivity contribution in [2.24, 2.45) is 11.1 Å². The van der Waals surface area contributed by atoms with Crippen LogP contribution in [-0.2, 0) is 16.0 Å². The average Bonchev–Trinajstić information content (AvgIpc) is 2.96. The molecule has 1 aliphatic rings. The standard InChI is InChI=1S/C20H26N2O4/c1-3-25-18(23)15-7-6-14-10-17(19(24)26-4-2)22(16(14)11-15)13-20(12-21)8-5-9-20/h6-7,10-11H,3-5,8-9,12-13,21H2,1-2H3. The van der Waals surface area contributed by atoms with E-state index >= 15 is 0 Å². The van der Waals surface area contributed by atoms with Crippen LogP contribution in [0.4, 0.5) is 0 Å². The molecule has 0 radical (unpaired) electrons. The second-order valence-corrected chi connectivity index (χ2v) is 6.89. The Labute approximate surface area is 153 Å². The number of ether oxygens (including phenoxy) is 2. The molecule has 0 unspecified atom stereocenters. The molecule has 2 aromatic rings. The van der Waals surface area contributed by atoms with E-state index in [4.69, 9.17) is 15.2 Å². The molecule has 1 aromatic carbocycles. The number of benzene rings is 1. The highest BCUT2D eigenvalue weighted by atomic mass is 16.5. The molecule has 0 atom stereocenters. The van der Waals surface area contributed by atoms with E-state index in [1.54, 1.807) is 26.0 Å². The van der Waals surface area contributed by atoms with Gasteiger partial charge in [0.2, 0.25) is 0 Å². The van der Waals surface area contributed by atoms with Gasteiger partial charge in [-0.1, -0.05) is 12.5 Å². The van der Waals surface area contributed by atoms with Gasteiger partial charge in [0.25, 0.3) is 0 Å². The van der Waals surface area contributed by atoms with Gasteiger partial charge < -0.3 is 19.8 Å². The van der Waals surface area contributed by atoms with E-state index < -0.39 is 0 Å². The van der Waals surface area contributed by atoms with Crippen molar-refractivity contribution >= 4 is 22.8 Å². The van der Waals surface area contributed by atoms with Crippen molar-refractivity contribution in [3.05, 3.63) is 35.5 Å². The van der Waals surface area contributed by atoms with Crippen molar-refractivity contribution in [1.29, 1.82) is 0 Å². The highest BCUT2D eigenvalue weighted by Crippen LogP contribution is 2.42. The lowest BCUT2D eigenvalue weighted by Gasteiger charge is -2.41. The van der Waals surface area contributed by atoms with Gasteiger partial charge >= 0.3 is 11.9 Å². The maximum atomic E-state index is 12.5. The summed E-state index contributed by atoms with van der Waals surface area (Å²) in [6.07, 6.45) is 3.24. The van der Waals surface area contributed by atoms with Gasteiger partial charge in [0.15, 0.2) is 0 Å². The molecule has 1 aliphatic carbocycles. The van der Waals surface area contributed by atoms with Crippen LogP contribution in [0.2, 0.25) is 0 Å². The SMILES string of the molecule is CCOC(=O)c1ccc2cc(C(=O)OCC)n(CC3(CN)CCC3)c2c1. The summed E-state index contributed by atoms with van der Waals surface area (Å²) in [5.41, 5.74) is 7.85. The van der Waals surface area contributed by atoms with Crippen LogP contribution in [0.3, 0.4) is 0 Å². The van der Waals surface area contributed by atoms with Crippen molar-refractivity contribution in [1.82, 2.24) is 4.57 Å². The number of hydrogen-bond donors (Lipinski definition) is 1. The molecule has 1 fully saturated rings. The molecule has 26 heavy (non-hydrogen) atoms. The molecule has 0 bridgehead atoms. The fourth-order valence-electron chi connectivity index (χ4n) is 3.58. The van der Waals surface area contributed by atoms with Crippen LogP contribution in [0.1, 0.15) is 54.0 Å². The van der Waals surface area contributed by atoms with E-state index in [0.29, 0.717) is 37.6 Å². The highest BCUT2D eigenvalue weighted by molar-refractivity contribution is 5.99. The average molecular weight is 358 g/mol.